The highest BCUT2D eigenvalue weighted by Gasteiger charge is 2.33. The molecule has 1 aliphatic rings. The monoisotopic (exact) mass is 322 g/mol. The molecule has 0 saturated carbocycles. The molecule has 21 heavy (non-hydrogen) atoms. The van der Waals surface area contributed by atoms with Gasteiger partial charge in [-0.2, -0.15) is 0 Å². The minimum atomic E-state index is -0.472. The number of nitrogens with zero attached hydrogens (tertiary/aromatic N) is 2. The van der Waals surface area contributed by atoms with Gasteiger partial charge in [-0.15, -0.1) is 0 Å². The van der Waals surface area contributed by atoms with Gasteiger partial charge in [0.25, 0.3) is 5.91 Å². The number of amides is 1. The molecular weight excluding hydrogens is 308 g/mol. The third-order valence-corrected chi connectivity index (χ3v) is 3.87. The van der Waals surface area contributed by atoms with Crippen molar-refractivity contribution in [1.29, 1.82) is 0 Å². The fourth-order valence-electron chi connectivity index (χ4n) is 1.66. The Hall–Kier alpha value is -1.73. The number of carbonyl (C=O) groups excluding carboxylic acids is 2. The quantitative estimate of drug-likeness (QED) is 0.481. The van der Waals surface area contributed by atoms with E-state index in [2.05, 4.69) is 4.98 Å². The predicted octanol–water partition coefficient (Wildman–Crippen LogP) is 2.23. The molecule has 0 spiro atoms. The van der Waals surface area contributed by atoms with Crippen LogP contribution in [0.1, 0.15) is 19.5 Å². The van der Waals surface area contributed by atoms with Gasteiger partial charge >= 0.3 is 5.97 Å². The lowest BCUT2D eigenvalue weighted by molar-refractivity contribution is -0.149. The van der Waals surface area contributed by atoms with E-state index in [-0.39, 0.29) is 18.6 Å². The fraction of sp³-hybridized carbons (Fsp3) is 0.286. The average Bonchev–Trinajstić information content (AvgIpc) is 2.67. The van der Waals surface area contributed by atoms with Gasteiger partial charge in [0, 0.05) is 6.20 Å². The van der Waals surface area contributed by atoms with E-state index in [4.69, 9.17) is 17.0 Å². The van der Waals surface area contributed by atoms with Gasteiger partial charge in [0.05, 0.1) is 16.7 Å². The number of thiocarbonyl (C=S) groups is 1. The first-order valence-corrected chi connectivity index (χ1v) is 7.55. The molecule has 7 heteroatoms. The van der Waals surface area contributed by atoms with Gasteiger partial charge in [0.1, 0.15) is 10.9 Å². The van der Waals surface area contributed by atoms with Crippen LogP contribution in [0.25, 0.3) is 6.08 Å². The number of aromatic nitrogens is 1. The van der Waals surface area contributed by atoms with Gasteiger partial charge in [-0.25, -0.2) is 0 Å². The van der Waals surface area contributed by atoms with Crippen molar-refractivity contribution >= 4 is 46.3 Å². The second-order valence-electron chi connectivity index (χ2n) is 4.56. The van der Waals surface area contributed by atoms with Crippen LogP contribution in [0.3, 0.4) is 0 Å². The maximum absolute atomic E-state index is 12.3. The Balaban J connectivity index is 2.10. The summed E-state index contributed by atoms with van der Waals surface area (Å²) in [6.45, 7) is 3.34. The van der Waals surface area contributed by atoms with Crippen LogP contribution < -0.4 is 0 Å². The van der Waals surface area contributed by atoms with Crippen molar-refractivity contribution in [3.8, 4) is 0 Å². The first-order valence-electron chi connectivity index (χ1n) is 6.33. The molecule has 1 fully saturated rings. The number of carbonyl (C=O) groups is 2. The van der Waals surface area contributed by atoms with E-state index in [9.17, 15) is 9.59 Å². The molecule has 1 aromatic heterocycles. The summed E-state index contributed by atoms with van der Waals surface area (Å²) in [5.74, 6) is -0.767. The van der Waals surface area contributed by atoms with Crippen LogP contribution in [0, 0.1) is 0 Å². The number of hydrogen-bond donors (Lipinski definition) is 0. The number of pyridine rings is 1. The fourth-order valence-corrected chi connectivity index (χ4v) is 2.90. The number of ether oxygens (including phenoxy) is 1. The second kappa shape index (κ2) is 6.82. The minimum absolute atomic E-state index is 0.164. The van der Waals surface area contributed by atoms with Gasteiger partial charge in [-0.3, -0.25) is 19.5 Å². The molecule has 2 rings (SSSR count). The summed E-state index contributed by atoms with van der Waals surface area (Å²) in [4.78, 5) is 29.7. The molecule has 2 heterocycles. The summed E-state index contributed by atoms with van der Waals surface area (Å²) in [5, 5.41) is 0. The van der Waals surface area contributed by atoms with E-state index in [0.29, 0.717) is 14.9 Å². The summed E-state index contributed by atoms with van der Waals surface area (Å²) < 4.78 is 5.38. The van der Waals surface area contributed by atoms with Crippen molar-refractivity contribution in [3.63, 3.8) is 0 Å². The molecule has 0 aromatic carbocycles. The lowest BCUT2D eigenvalue weighted by atomic mass is 10.3. The summed E-state index contributed by atoms with van der Waals surface area (Å²) in [7, 11) is 0. The normalized spacial score (nSPS) is 16.9. The molecule has 1 aliphatic heterocycles. The largest absolute Gasteiger partial charge is 0.462 e. The first kappa shape index (κ1) is 15.7. The zero-order chi connectivity index (χ0) is 15.4. The third-order valence-electron chi connectivity index (χ3n) is 2.49. The van der Waals surface area contributed by atoms with E-state index >= 15 is 0 Å². The smallest absolute Gasteiger partial charge is 0.326 e. The Bertz CT molecular complexity index is 599. The molecular formula is C14H14N2O3S2. The van der Waals surface area contributed by atoms with E-state index in [1.807, 2.05) is 6.07 Å². The van der Waals surface area contributed by atoms with Crippen molar-refractivity contribution in [1.82, 2.24) is 9.88 Å². The Morgan fingerprint density at radius 1 is 1.52 bits per heavy atom. The van der Waals surface area contributed by atoms with Crippen molar-refractivity contribution in [2.24, 2.45) is 0 Å². The molecule has 0 bridgehead atoms. The number of thioether (sulfide) groups is 1. The summed E-state index contributed by atoms with van der Waals surface area (Å²) in [6, 6.07) is 5.42. The first-order chi connectivity index (χ1) is 9.97. The maximum Gasteiger partial charge on any atom is 0.326 e. The molecule has 5 nitrogen and oxygen atoms in total. The Morgan fingerprint density at radius 2 is 2.29 bits per heavy atom. The van der Waals surface area contributed by atoms with Crippen molar-refractivity contribution in [2.75, 3.05) is 6.54 Å². The van der Waals surface area contributed by atoms with Gasteiger partial charge in [-0.05, 0) is 32.1 Å². The van der Waals surface area contributed by atoms with Gasteiger partial charge in [0.2, 0.25) is 0 Å². The highest BCUT2D eigenvalue weighted by atomic mass is 32.2. The third kappa shape index (κ3) is 4.12. The van der Waals surface area contributed by atoms with E-state index < -0.39 is 5.97 Å². The average molecular weight is 322 g/mol. The van der Waals surface area contributed by atoms with Gasteiger partial charge in [-0.1, -0.05) is 30.0 Å². The van der Waals surface area contributed by atoms with Crippen LogP contribution in [0.5, 0.6) is 0 Å². The topological polar surface area (TPSA) is 59.5 Å². The number of hydrogen-bond acceptors (Lipinski definition) is 6. The Kier molecular flexibility index (Phi) is 5.08. The highest BCUT2D eigenvalue weighted by molar-refractivity contribution is 8.26. The highest BCUT2D eigenvalue weighted by Crippen LogP contribution is 2.32. The van der Waals surface area contributed by atoms with Crippen LogP contribution in [-0.4, -0.2) is 38.7 Å². The Labute approximate surface area is 132 Å². The van der Waals surface area contributed by atoms with E-state index in [1.54, 1.807) is 38.3 Å². The summed E-state index contributed by atoms with van der Waals surface area (Å²) >= 11 is 6.30. The van der Waals surface area contributed by atoms with E-state index in [1.165, 1.54) is 4.90 Å². The molecule has 0 aliphatic carbocycles. The predicted molar refractivity (Wildman–Crippen MR) is 85.3 cm³/mol. The van der Waals surface area contributed by atoms with Crippen LogP contribution in [0.4, 0.5) is 0 Å². The van der Waals surface area contributed by atoms with Crippen LogP contribution >= 0.6 is 24.0 Å². The van der Waals surface area contributed by atoms with E-state index in [0.717, 1.165) is 11.8 Å². The van der Waals surface area contributed by atoms with Gasteiger partial charge in [0.15, 0.2) is 0 Å². The molecule has 0 radical (unpaired) electrons. The molecule has 1 amide bonds. The lowest BCUT2D eigenvalue weighted by Gasteiger charge is -2.14. The minimum Gasteiger partial charge on any atom is -0.462 e. The number of rotatable bonds is 4. The second-order valence-corrected chi connectivity index (χ2v) is 6.24. The van der Waals surface area contributed by atoms with Gasteiger partial charge < -0.3 is 4.74 Å². The molecule has 110 valence electrons. The Morgan fingerprint density at radius 3 is 2.90 bits per heavy atom. The molecule has 1 aromatic rings. The number of esters is 1. The lowest BCUT2D eigenvalue weighted by Crippen LogP contribution is -2.35. The summed E-state index contributed by atoms with van der Waals surface area (Å²) in [6.07, 6.45) is 3.08. The van der Waals surface area contributed by atoms with Crippen molar-refractivity contribution in [2.45, 2.75) is 20.0 Å². The van der Waals surface area contributed by atoms with Crippen molar-refractivity contribution < 1.29 is 14.3 Å². The molecule has 0 unspecified atom stereocenters. The van der Waals surface area contributed by atoms with Crippen LogP contribution in [0.15, 0.2) is 29.3 Å². The molecule has 0 atom stereocenters. The summed E-state index contributed by atoms with van der Waals surface area (Å²) in [5.41, 5.74) is 0.669. The zero-order valence-corrected chi connectivity index (χ0v) is 13.2. The standard InChI is InChI=1S/C14H14N2O3S2/c1-9(2)19-12(17)8-16-13(18)11(21-14(16)20)7-10-5-3-4-6-15-10/h3-7,9H,8H2,1-2H3. The van der Waals surface area contributed by atoms with Crippen LogP contribution in [0.2, 0.25) is 0 Å². The van der Waals surface area contributed by atoms with Crippen LogP contribution in [-0.2, 0) is 14.3 Å². The zero-order valence-electron chi connectivity index (χ0n) is 11.6. The maximum atomic E-state index is 12.3. The van der Waals surface area contributed by atoms with Crippen molar-refractivity contribution in [3.05, 3.63) is 35.0 Å². The molecule has 1 saturated heterocycles. The SMILES string of the molecule is CC(C)OC(=O)CN1C(=O)C(=Cc2ccccn2)SC1=S. The molecule has 0 N–H and O–H groups in total.